The third kappa shape index (κ3) is 2.45. The molecule has 0 radical (unpaired) electrons. The van der Waals surface area contributed by atoms with Crippen LogP contribution < -0.4 is 4.90 Å². The van der Waals surface area contributed by atoms with Gasteiger partial charge in [-0.05, 0) is 12.1 Å². The molecule has 4 heteroatoms. The van der Waals surface area contributed by atoms with Crippen molar-refractivity contribution in [2.45, 2.75) is 0 Å². The van der Waals surface area contributed by atoms with Gasteiger partial charge >= 0.3 is 0 Å². The molecule has 0 atom stereocenters. The maximum Gasteiger partial charge on any atom is 0.278 e. The van der Waals surface area contributed by atoms with E-state index >= 15 is 0 Å². The molecule has 0 spiro atoms. The summed E-state index contributed by atoms with van der Waals surface area (Å²) < 4.78 is 0. The van der Waals surface area contributed by atoms with Crippen LogP contribution in [0.15, 0.2) is 30.3 Å². The van der Waals surface area contributed by atoms with Gasteiger partial charge in [0, 0.05) is 31.9 Å². The highest BCUT2D eigenvalue weighted by Crippen LogP contribution is 2.15. The number of para-hydroxylation sites is 1. The van der Waals surface area contributed by atoms with Crippen molar-refractivity contribution in [3.63, 3.8) is 0 Å². The van der Waals surface area contributed by atoms with Crippen LogP contribution in [0.25, 0.3) is 0 Å². The lowest BCUT2D eigenvalue weighted by molar-refractivity contribution is 0.220. The molecule has 0 bridgehead atoms. The first kappa shape index (κ1) is 10.4. The first-order chi connectivity index (χ1) is 7.27. The Morgan fingerprint density at radius 1 is 1.07 bits per heavy atom. The molecule has 1 aromatic carbocycles. The second-order valence-corrected chi connectivity index (χ2v) is 3.97. The minimum absolute atomic E-state index is 0.122. The Morgan fingerprint density at radius 2 is 1.67 bits per heavy atom. The number of carbonyl (C=O) groups is 1. The molecular formula is C11H14N2OS. The predicted octanol–water partition coefficient (Wildman–Crippen LogP) is 1.86. The smallest absolute Gasteiger partial charge is 0.278 e. The Kier molecular flexibility index (Phi) is 3.16. The maximum atomic E-state index is 11.0. The molecule has 0 N–H and O–H groups in total. The Morgan fingerprint density at radius 3 is 2.20 bits per heavy atom. The van der Waals surface area contributed by atoms with E-state index in [2.05, 4.69) is 29.7 Å². The van der Waals surface area contributed by atoms with Gasteiger partial charge in [-0.2, -0.15) is 0 Å². The third-order valence-corrected chi connectivity index (χ3v) is 2.95. The molecule has 1 fully saturated rings. The summed E-state index contributed by atoms with van der Waals surface area (Å²) in [5.41, 5.74) is 1.23. The molecule has 1 heterocycles. The summed E-state index contributed by atoms with van der Waals surface area (Å²) in [6, 6.07) is 10.3. The van der Waals surface area contributed by atoms with E-state index in [0.717, 1.165) is 26.2 Å². The zero-order valence-electron chi connectivity index (χ0n) is 8.47. The van der Waals surface area contributed by atoms with Crippen LogP contribution in [0.4, 0.5) is 10.5 Å². The molecular weight excluding hydrogens is 208 g/mol. The third-order valence-electron chi connectivity index (χ3n) is 2.67. The summed E-state index contributed by atoms with van der Waals surface area (Å²) in [7, 11) is 0. The monoisotopic (exact) mass is 222 g/mol. The van der Waals surface area contributed by atoms with E-state index in [1.165, 1.54) is 5.69 Å². The van der Waals surface area contributed by atoms with Crippen molar-refractivity contribution in [3.05, 3.63) is 30.3 Å². The highest BCUT2D eigenvalue weighted by atomic mass is 32.1. The molecule has 1 aromatic rings. The van der Waals surface area contributed by atoms with E-state index in [9.17, 15) is 4.79 Å². The normalized spacial score (nSPS) is 16.6. The molecule has 1 aliphatic rings. The number of benzene rings is 1. The van der Waals surface area contributed by atoms with E-state index in [1.807, 2.05) is 18.2 Å². The summed E-state index contributed by atoms with van der Waals surface area (Å²) in [5, 5.41) is -0.122. The predicted molar refractivity (Wildman–Crippen MR) is 64.6 cm³/mol. The standard InChI is InChI=1S/C11H14N2OS/c14-11(15)13-8-6-12(7-9-13)10-4-2-1-3-5-10/h1-5H,6-9H2,(H,14,15). The minimum Gasteiger partial charge on any atom is -0.368 e. The van der Waals surface area contributed by atoms with E-state index < -0.39 is 0 Å². The molecule has 1 saturated heterocycles. The van der Waals surface area contributed by atoms with Gasteiger partial charge in [0.2, 0.25) is 0 Å². The molecule has 1 aliphatic heterocycles. The molecule has 80 valence electrons. The van der Waals surface area contributed by atoms with Crippen molar-refractivity contribution in [3.8, 4) is 0 Å². The largest absolute Gasteiger partial charge is 0.368 e. The SMILES string of the molecule is O=C(S)N1CCN(c2ccccc2)CC1. The van der Waals surface area contributed by atoms with Gasteiger partial charge in [0.15, 0.2) is 0 Å². The fourth-order valence-corrected chi connectivity index (χ4v) is 1.99. The van der Waals surface area contributed by atoms with Crippen LogP contribution in [0.5, 0.6) is 0 Å². The quantitative estimate of drug-likeness (QED) is 0.733. The van der Waals surface area contributed by atoms with Crippen LogP contribution in [0.3, 0.4) is 0 Å². The Balaban J connectivity index is 1.97. The number of thiol groups is 1. The topological polar surface area (TPSA) is 23.6 Å². The van der Waals surface area contributed by atoms with Crippen LogP contribution in [0.1, 0.15) is 0 Å². The van der Waals surface area contributed by atoms with Crippen LogP contribution in [0.2, 0.25) is 0 Å². The minimum atomic E-state index is -0.122. The molecule has 0 aromatic heterocycles. The number of nitrogens with zero attached hydrogens (tertiary/aromatic N) is 2. The number of hydrogen-bond acceptors (Lipinski definition) is 2. The van der Waals surface area contributed by atoms with Crippen molar-refractivity contribution in [2.75, 3.05) is 31.1 Å². The van der Waals surface area contributed by atoms with Crippen LogP contribution in [0, 0.1) is 0 Å². The summed E-state index contributed by atoms with van der Waals surface area (Å²) in [6.45, 7) is 3.29. The number of piperazine rings is 1. The first-order valence-electron chi connectivity index (χ1n) is 5.05. The molecule has 15 heavy (non-hydrogen) atoms. The number of anilines is 1. The van der Waals surface area contributed by atoms with Crippen molar-refractivity contribution in [2.24, 2.45) is 0 Å². The van der Waals surface area contributed by atoms with Gasteiger partial charge in [-0.3, -0.25) is 4.79 Å². The average Bonchev–Trinajstić information content (AvgIpc) is 2.30. The van der Waals surface area contributed by atoms with Crippen molar-refractivity contribution in [1.82, 2.24) is 4.90 Å². The molecule has 0 saturated carbocycles. The van der Waals surface area contributed by atoms with E-state index in [0.29, 0.717) is 0 Å². The highest BCUT2D eigenvalue weighted by Gasteiger charge is 2.18. The van der Waals surface area contributed by atoms with Gasteiger partial charge in [0.1, 0.15) is 0 Å². The van der Waals surface area contributed by atoms with Gasteiger partial charge in [-0.15, -0.1) is 0 Å². The second-order valence-electron chi connectivity index (χ2n) is 3.59. The maximum absolute atomic E-state index is 11.0. The summed E-state index contributed by atoms with van der Waals surface area (Å²) in [4.78, 5) is 15.1. The van der Waals surface area contributed by atoms with Gasteiger partial charge in [-0.1, -0.05) is 30.8 Å². The zero-order chi connectivity index (χ0) is 10.7. The van der Waals surface area contributed by atoms with E-state index in [1.54, 1.807) is 4.90 Å². The molecule has 2 rings (SSSR count). The second kappa shape index (κ2) is 4.57. The van der Waals surface area contributed by atoms with Crippen LogP contribution in [-0.2, 0) is 0 Å². The van der Waals surface area contributed by atoms with E-state index in [-0.39, 0.29) is 5.24 Å². The van der Waals surface area contributed by atoms with Crippen LogP contribution in [-0.4, -0.2) is 36.3 Å². The summed E-state index contributed by atoms with van der Waals surface area (Å²) in [6.07, 6.45) is 0. The average molecular weight is 222 g/mol. The molecule has 1 amide bonds. The van der Waals surface area contributed by atoms with Gasteiger partial charge in [0.05, 0.1) is 0 Å². The van der Waals surface area contributed by atoms with Crippen molar-refractivity contribution >= 4 is 23.6 Å². The molecule has 3 nitrogen and oxygen atoms in total. The summed E-state index contributed by atoms with van der Waals surface area (Å²) >= 11 is 3.83. The lowest BCUT2D eigenvalue weighted by atomic mass is 10.2. The molecule has 0 aliphatic carbocycles. The van der Waals surface area contributed by atoms with Gasteiger partial charge < -0.3 is 9.80 Å². The fourth-order valence-electron chi connectivity index (χ4n) is 1.79. The highest BCUT2D eigenvalue weighted by molar-refractivity contribution is 7.96. The lowest BCUT2D eigenvalue weighted by Gasteiger charge is -2.35. The lowest BCUT2D eigenvalue weighted by Crippen LogP contribution is -2.47. The Labute approximate surface area is 95.1 Å². The van der Waals surface area contributed by atoms with Crippen molar-refractivity contribution in [1.29, 1.82) is 0 Å². The summed E-state index contributed by atoms with van der Waals surface area (Å²) in [5.74, 6) is 0. The zero-order valence-corrected chi connectivity index (χ0v) is 9.36. The van der Waals surface area contributed by atoms with Gasteiger partial charge in [-0.25, -0.2) is 0 Å². The first-order valence-corrected chi connectivity index (χ1v) is 5.50. The number of amides is 1. The number of hydrogen-bond donors (Lipinski definition) is 1. The number of rotatable bonds is 1. The number of carbonyl (C=O) groups excluding carboxylic acids is 1. The fraction of sp³-hybridized carbons (Fsp3) is 0.364. The molecule has 0 unspecified atom stereocenters. The van der Waals surface area contributed by atoms with Crippen molar-refractivity contribution < 1.29 is 4.79 Å². The van der Waals surface area contributed by atoms with Crippen LogP contribution >= 0.6 is 12.6 Å². The Hall–Kier alpha value is -1.16. The van der Waals surface area contributed by atoms with Gasteiger partial charge in [0.25, 0.3) is 5.24 Å². The Bertz CT molecular complexity index is 334. The van der Waals surface area contributed by atoms with E-state index in [4.69, 9.17) is 0 Å².